The summed E-state index contributed by atoms with van der Waals surface area (Å²) >= 11 is 0. The molecule has 31 heavy (non-hydrogen) atoms. The Kier molecular flexibility index (Phi) is 7.68. The molecule has 0 bridgehead atoms. The fourth-order valence-electron chi connectivity index (χ4n) is 2.91. The van der Waals surface area contributed by atoms with Crippen LogP contribution in [-0.4, -0.2) is 43.7 Å². The molecular formula is C21H26N3O6P. The molecule has 0 spiro atoms. The molecule has 9 nitrogen and oxygen atoms in total. The Labute approximate surface area is 181 Å². The van der Waals surface area contributed by atoms with Gasteiger partial charge in [-0.15, -0.1) is 0 Å². The Morgan fingerprint density at radius 3 is 2.19 bits per heavy atom. The van der Waals surface area contributed by atoms with E-state index in [9.17, 15) is 4.57 Å². The number of methoxy groups -OCH3 is 2. The molecule has 3 aromatic rings. The summed E-state index contributed by atoms with van der Waals surface area (Å²) in [6, 6.07) is 10.8. The van der Waals surface area contributed by atoms with Gasteiger partial charge in [0.1, 0.15) is 17.9 Å². The van der Waals surface area contributed by atoms with E-state index in [1.807, 2.05) is 18.2 Å². The van der Waals surface area contributed by atoms with E-state index in [0.29, 0.717) is 23.1 Å². The maximum absolute atomic E-state index is 12.5. The molecule has 2 aromatic carbocycles. The lowest BCUT2D eigenvalue weighted by Crippen LogP contribution is -2.05. The van der Waals surface area contributed by atoms with Crippen molar-refractivity contribution in [1.82, 2.24) is 9.97 Å². The topological polar surface area (TPSA) is 101 Å². The lowest BCUT2D eigenvalue weighted by Gasteiger charge is -2.17. The minimum atomic E-state index is -3.27. The van der Waals surface area contributed by atoms with Gasteiger partial charge in [0.05, 0.1) is 33.0 Å². The molecule has 0 saturated carbocycles. The Bertz CT molecular complexity index is 1050. The van der Waals surface area contributed by atoms with E-state index < -0.39 is 7.60 Å². The van der Waals surface area contributed by atoms with Crippen molar-refractivity contribution in [2.45, 2.75) is 13.8 Å². The zero-order valence-electron chi connectivity index (χ0n) is 18.0. The summed E-state index contributed by atoms with van der Waals surface area (Å²) in [6.45, 7) is 4.09. The number of nitrogens with zero attached hydrogens (tertiary/aromatic N) is 2. The molecule has 0 aliphatic carbocycles. The third kappa shape index (κ3) is 5.64. The van der Waals surface area contributed by atoms with E-state index in [4.69, 9.17) is 23.3 Å². The summed E-state index contributed by atoms with van der Waals surface area (Å²) in [5, 5.41) is 4.06. The number of aromatic nitrogens is 2. The van der Waals surface area contributed by atoms with E-state index >= 15 is 0 Å². The molecule has 0 aliphatic heterocycles. The van der Waals surface area contributed by atoms with E-state index in [1.165, 1.54) is 6.33 Å². The van der Waals surface area contributed by atoms with Gasteiger partial charge in [0.15, 0.2) is 17.8 Å². The maximum Gasteiger partial charge on any atom is 0.367 e. The molecule has 3 rings (SSSR count). The van der Waals surface area contributed by atoms with E-state index in [0.717, 1.165) is 16.6 Å². The smallest absolute Gasteiger partial charge is 0.367 e. The Morgan fingerprint density at radius 2 is 1.58 bits per heavy atom. The van der Waals surface area contributed by atoms with Crippen LogP contribution < -0.4 is 19.5 Å². The van der Waals surface area contributed by atoms with Crippen molar-refractivity contribution >= 4 is 30.0 Å². The van der Waals surface area contributed by atoms with Crippen molar-refractivity contribution in [2.24, 2.45) is 0 Å². The van der Waals surface area contributed by atoms with Gasteiger partial charge in [0.25, 0.3) is 0 Å². The number of fused-ring (bicyclic) bond motifs is 1. The lowest BCUT2D eigenvalue weighted by atomic mass is 10.2. The van der Waals surface area contributed by atoms with Gasteiger partial charge in [-0.3, -0.25) is 4.57 Å². The van der Waals surface area contributed by atoms with Crippen molar-refractivity contribution in [3.63, 3.8) is 0 Å². The van der Waals surface area contributed by atoms with E-state index in [-0.39, 0.29) is 19.6 Å². The maximum atomic E-state index is 12.5. The highest BCUT2D eigenvalue weighted by atomic mass is 31.2. The quantitative estimate of drug-likeness (QED) is 0.407. The highest BCUT2D eigenvalue weighted by molar-refractivity contribution is 7.53. The minimum Gasteiger partial charge on any atom is -0.493 e. The molecule has 10 heteroatoms. The summed E-state index contributed by atoms with van der Waals surface area (Å²) in [5.41, 5.74) is 1.51. The fourth-order valence-corrected chi connectivity index (χ4v) is 4.23. The number of rotatable bonds is 11. The first-order chi connectivity index (χ1) is 15.0. The molecule has 0 amide bonds. The van der Waals surface area contributed by atoms with Gasteiger partial charge in [0, 0.05) is 17.1 Å². The van der Waals surface area contributed by atoms with Crippen LogP contribution in [0.2, 0.25) is 0 Å². The molecule has 1 heterocycles. The Morgan fingerprint density at radius 1 is 0.935 bits per heavy atom. The summed E-state index contributed by atoms with van der Waals surface area (Å²) in [6.07, 6.45) is 1.33. The van der Waals surface area contributed by atoms with E-state index in [2.05, 4.69) is 15.3 Å². The van der Waals surface area contributed by atoms with Crippen LogP contribution in [0.5, 0.6) is 17.2 Å². The van der Waals surface area contributed by atoms with Gasteiger partial charge in [-0.05, 0) is 44.2 Å². The highest BCUT2D eigenvalue weighted by Gasteiger charge is 2.24. The van der Waals surface area contributed by atoms with Crippen molar-refractivity contribution in [1.29, 1.82) is 0 Å². The first-order valence-electron chi connectivity index (χ1n) is 9.76. The summed E-state index contributed by atoms with van der Waals surface area (Å²) in [7, 11) is -0.113. The van der Waals surface area contributed by atoms with Crippen molar-refractivity contribution < 1.29 is 27.8 Å². The second-order valence-corrected chi connectivity index (χ2v) is 8.31. The van der Waals surface area contributed by atoms with Crippen molar-refractivity contribution in [2.75, 3.05) is 39.1 Å². The standard InChI is InChI=1S/C21H26N3O6P/c1-5-29-31(25,30-6-2)14-28-16-9-7-15(8-10-16)24-21-17-11-19(26-3)20(27-4)12-18(17)22-13-23-21/h7-13H,5-6,14H2,1-4H3,(H,22,23,24). The second-order valence-electron chi connectivity index (χ2n) is 6.32. The van der Waals surface area contributed by atoms with Crippen LogP contribution in [0, 0.1) is 0 Å². The number of ether oxygens (including phenoxy) is 3. The van der Waals surface area contributed by atoms with Crippen LogP contribution in [0.15, 0.2) is 42.7 Å². The van der Waals surface area contributed by atoms with Gasteiger partial charge in [-0.25, -0.2) is 9.97 Å². The number of anilines is 2. The third-order valence-corrected chi connectivity index (χ3v) is 6.05. The van der Waals surface area contributed by atoms with Gasteiger partial charge in [-0.2, -0.15) is 0 Å². The van der Waals surface area contributed by atoms with Gasteiger partial charge in [-0.1, -0.05) is 0 Å². The summed E-state index contributed by atoms with van der Waals surface area (Å²) in [4.78, 5) is 8.65. The monoisotopic (exact) mass is 447 g/mol. The predicted molar refractivity (Wildman–Crippen MR) is 119 cm³/mol. The van der Waals surface area contributed by atoms with Crippen LogP contribution in [-0.2, 0) is 13.6 Å². The molecule has 0 atom stereocenters. The van der Waals surface area contributed by atoms with Crippen LogP contribution in [0.3, 0.4) is 0 Å². The fraction of sp³-hybridized carbons (Fsp3) is 0.333. The summed E-state index contributed by atoms with van der Waals surface area (Å²) < 4.78 is 39.3. The second kappa shape index (κ2) is 10.4. The zero-order valence-corrected chi connectivity index (χ0v) is 18.8. The van der Waals surface area contributed by atoms with Gasteiger partial charge >= 0.3 is 7.60 Å². The number of nitrogens with one attached hydrogen (secondary N) is 1. The first kappa shape index (κ1) is 22.8. The number of hydrogen-bond donors (Lipinski definition) is 1. The third-order valence-electron chi connectivity index (χ3n) is 4.30. The molecule has 1 N–H and O–H groups in total. The normalized spacial score (nSPS) is 11.4. The molecule has 1 aromatic heterocycles. The Balaban J connectivity index is 1.75. The number of benzene rings is 2. The molecule has 0 unspecified atom stereocenters. The SMILES string of the molecule is CCOP(=O)(COc1ccc(Nc2ncnc3cc(OC)c(OC)cc23)cc1)OCC. The largest absolute Gasteiger partial charge is 0.493 e. The molecule has 0 radical (unpaired) electrons. The average molecular weight is 447 g/mol. The lowest BCUT2D eigenvalue weighted by molar-refractivity contribution is 0.197. The number of hydrogen-bond acceptors (Lipinski definition) is 9. The van der Waals surface area contributed by atoms with Crippen molar-refractivity contribution in [3.8, 4) is 17.2 Å². The highest BCUT2D eigenvalue weighted by Crippen LogP contribution is 2.47. The Hall–Kier alpha value is -2.87. The van der Waals surface area contributed by atoms with Crippen LogP contribution in [0.4, 0.5) is 11.5 Å². The van der Waals surface area contributed by atoms with Crippen LogP contribution in [0.25, 0.3) is 10.9 Å². The predicted octanol–water partition coefficient (Wildman–Crippen LogP) is 4.99. The summed E-state index contributed by atoms with van der Waals surface area (Å²) in [5.74, 6) is 2.35. The van der Waals surface area contributed by atoms with Gasteiger partial charge < -0.3 is 28.6 Å². The zero-order chi connectivity index (χ0) is 22.3. The first-order valence-corrected chi connectivity index (χ1v) is 11.5. The molecule has 166 valence electrons. The molecule has 0 aliphatic rings. The average Bonchev–Trinajstić information content (AvgIpc) is 2.78. The molecule has 0 fully saturated rings. The van der Waals surface area contributed by atoms with Gasteiger partial charge in [0.2, 0.25) is 0 Å². The van der Waals surface area contributed by atoms with Crippen LogP contribution >= 0.6 is 7.60 Å². The minimum absolute atomic E-state index is 0.153. The van der Waals surface area contributed by atoms with Crippen molar-refractivity contribution in [3.05, 3.63) is 42.7 Å². The van der Waals surface area contributed by atoms with E-state index in [1.54, 1.807) is 46.3 Å². The molecular weight excluding hydrogens is 421 g/mol. The molecule has 0 saturated heterocycles. The van der Waals surface area contributed by atoms with Crippen LogP contribution in [0.1, 0.15) is 13.8 Å².